The molecule has 8 nitrogen and oxygen atoms in total. The zero-order chi connectivity index (χ0) is 21.5. The van der Waals surface area contributed by atoms with Crippen molar-refractivity contribution in [2.45, 2.75) is 6.54 Å². The van der Waals surface area contributed by atoms with Gasteiger partial charge in [0.05, 0.1) is 18.9 Å². The number of ether oxygens (including phenoxy) is 1. The van der Waals surface area contributed by atoms with Gasteiger partial charge in [-0.25, -0.2) is 14.8 Å². The van der Waals surface area contributed by atoms with Crippen molar-refractivity contribution in [1.29, 1.82) is 0 Å². The summed E-state index contributed by atoms with van der Waals surface area (Å²) in [7, 11) is 1.61. The molecular weight excluding hydrogens is 412 g/mol. The van der Waals surface area contributed by atoms with E-state index >= 15 is 0 Å². The highest BCUT2D eigenvalue weighted by molar-refractivity contribution is 7.07. The molecule has 3 heterocycles. The standard InChI is InChI=1S/C22H26N6O2S/c1-23-21(29)25-10-11-28-19(16-31-22(28)26-20-4-2-3-9-24-20)17-5-7-18(8-6-17)27-12-14-30-15-13-27/h2-9,16H,10-15H2,1H3,(H2,23,25,29). The van der Waals surface area contributed by atoms with Crippen molar-refractivity contribution in [2.24, 2.45) is 4.99 Å². The quantitative estimate of drug-likeness (QED) is 0.620. The van der Waals surface area contributed by atoms with E-state index in [-0.39, 0.29) is 6.03 Å². The summed E-state index contributed by atoms with van der Waals surface area (Å²) in [6.45, 7) is 4.45. The lowest BCUT2D eigenvalue weighted by molar-refractivity contribution is 0.122. The molecule has 2 aromatic heterocycles. The van der Waals surface area contributed by atoms with Gasteiger partial charge in [-0.05, 0) is 29.8 Å². The summed E-state index contributed by atoms with van der Waals surface area (Å²) in [6, 6.07) is 14.1. The molecule has 0 atom stereocenters. The van der Waals surface area contributed by atoms with Crippen LogP contribution in [0.1, 0.15) is 0 Å². The fraction of sp³-hybridized carbons (Fsp3) is 0.318. The van der Waals surface area contributed by atoms with Gasteiger partial charge in [-0.3, -0.25) is 0 Å². The summed E-state index contributed by atoms with van der Waals surface area (Å²) in [5, 5.41) is 7.53. The van der Waals surface area contributed by atoms with Crippen LogP contribution in [0, 0.1) is 0 Å². The van der Waals surface area contributed by atoms with Gasteiger partial charge in [0.2, 0.25) is 0 Å². The predicted molar refractivity (Wildman–Crippen MR) is 123 cm³/mol. The SMILES string of the molecule is CNC(=O)NCCn1c(-c2ccc(N3CCOCC3)cc2)csc1=Nc1ccccn1. The minimum absolute atomic E-state index is 0.199. The number of morpholine rings is 1. The molecule has 1 saturated heterocycles. The average molecular weight is 439 g/mol. The van der Waals surface area contributed by atoms with Crippen molar-refractivity contribution in [1.82, 2.24) is 20.2 Å². The van der Waals surface area contributed by atoms with Crippen LogP contribution in [-0.4, -0.2) is 55.5 Å². The summed E-state index contributed by atoms with van der Waals surface area (Å²) >= 11 is 1.56. The topological polar surface area (TPSA) is 83.8 Å². The Bertz CT molecular complexity index is 1060. The Kier molecular flexibility index (Phi) is 6.96. The smallest absolute Gasteiger partial charge is 0.314 e. The molecule has 0 bridgehead atoms. The van der Waals surface area contributed by atoms with E-state index in [0.717, 1.165) is 42.4 Å². The van der Waals surface area contributed by atoms with E-state index in [1.165, 1.54) is 5.69 Å². The number of rotatable bonds is 6. The van der Waals surface area contributed by atoms with Gasteiger partial charge in [0.1, 0.15) is 0 Å². The number of hydrogen-bond donors (Lipinski definition) is 2. The monoisotopic (exact) mass is 438 g/mol. The number of nitrogens with one attached hydrogen (secondary N) is 2. The molecule has 162 valence electrons. The van der Waals surface area contributed by atoms with Gasteiger partial charge in [-0.15, -0.1) is 11.3 Å². The maximum Gasteiger partial charge on any atom is 0.314 e. The first kappa shape index (κ1) is 21.1. The van der Waals surface area contributed by atoms with E-state index in [2.05, 4.69) is 54.7 Å². The minimum Gasteiger partial charge on any atom is -0.378 e. The second kappa shape index (κ2) is 10.2. The number of thiazole rings is 1. The van der Waals surface area contributed by atoms with Crippen molar-refractivity contribution < 1.29 is 9.53 Å². The van der Waals surface area contributed by atoms with E-state index in [4.69, 9.17) is 9.73 Å². The number of carbonyl (C=O) groups is 1. The Hall–Kier alpha value is -3.17. The molecule has 0 aliphatic carbocycles. The Morgan fingerprint density at radius 1 is 1.19 bits per heavy atom. The zero-order valence-corrected chi connectivity index (χ0v) is 18.3. The second-order valence-electron chi connectivity index (χ2n) is 7.01. The van der Waals surface area contributed by atoms with Gasteiger partial charge in [0, 0.05) is 50.5 Å². The molecule has 4 rings (SSSR count). The molecular formula is C22H26N6O2S. The van der Waals surface area contributed by atoms with Gasteiger partial charge in [0.15, 0.2) is 10.6 Å². The third-order valence-corrected chi connectivity index (χ3v) is 5.91. The zero-order valence-electron chi connectivity index (χ0n) is 17.5. The third-order valence-electron chi connectivity index (χ3n) is 5.04. The summed E-state index contributed by atoms with van der Waals surface area (Å²) in [6.07, 6.45) is 1.73. The number of anilines is 1. The normalized spacial score (nSPS) is 14.5. The molecule has 1 aliphatic heterocycles. The Labute approximate surface area is 185 Å². The van der Waals surface area contributed by atoms with Crippen molar-refractivity contribution in [3.8, 4) is 11.3 Å². The Morgan fingerprint density at radius 3 is 2.71 bits per heavy atom. The lowest BCUT2D eigenvalue weighted by atomic mass is 10.1. The molecule has 1 aromatic carbocycles. The summed E-state index contributed by atoms with van der Waals surface area (Å²) in [5.41, 5.74) is 3.37. The van der Waals surface area contributed by atoms with E-state index in [0.29, 0.717) is 18.9 Å². The number of carbonyl (C=O) groups excluding carboxylic acids is 1. The molecule has 0 unspecified atom stereocenters. The molecule has 0 saturated carbocycles. The van der Waals surface area contributed by atoms with Crippen molar-refractivity contribution in [3.63, 3.8) is 0 Å². The van der Waals surface area contributed by atoms with Gasteiger partial charge in [-0.2, -0.15) is 0 Å². The molecule has 1 fully saturated rings. The van der Waals surface area contributed by atoms with Crippen LogP contribution in [0.4, 0.5) is 16.3 Å². The van der Waals surface area contributed by atoms with Gasteiger partial charge in [-0.1, -0.05) is 18.2 Å². The highest BCUT2D eigenvalue weighted by Gasteiger charge is 2.13. The van der Waals surface area contributed by atoms with Gasteiger partial charge < -0.3 is 24.8 Å². The number of aromatic nitrogens is 2. The number of urea groups is 1. The molecule has 2 N–H and O–H groups in total. The maximum absolute atomic E-state index is 11.6. The van der Waals surface area contributed by atoms with E-state index in [1.54, 1.807) is 24.6 Å². The van der Waals surface area contributed by atoms with E-state index in [1.807, 2.05) is 18.2 Å². The lowest BCUT2D eigenvalue weighted by Crippen LogP contribution is -2.36. The second-order valence-corrected chi connectivity index (χ2v) is 7.84. The summed E-state index contributed by atoms with van der Waals surface area (Å²) < 4.78 is 7.57. The number of amides is 2. The molecule has 2 amide bonds. The fourth-order valence-corrected chi connectivity index (χ4v) is 4.36. The largest absolute Gasteiger partial charge is 0.378 e. The minimum atomic E-state index is -0.199. The summed E-state index contributed by atoms with van der Waals surface area (Å²) in [5.74, 6) is 0.659. The van der Waals surface area contributed by atoms with Gasteiger partial charge in [0.25, 0.3) is 0 Å². The van der Waals surface area contributed by atoms with Crippen LogP contribution in [0.2, 0.25) is 0 Å². The van der Waals surface area contributed by atoms with Gasteiger partial charge >= 0.3 is 6.03 Å². The first-order valence-electron chi connectivity index (χ1n) is 10.3. The van der Waals surface area contributed by atoms with Crippen LogP contribution in [-0.2, 0) is 11.3 Å². The Morgan fingerprint density at radius 2 is 2.00 bits per heavy atom. The van der Waals surface area contributed by atoms with Crippen LogP contribution >= 0.6 is 11.3 Å². The summed E-state index contributed by atoms with van der Waals surface area (Å²) in [4.78, 5) is 23.8. The molecule has 0 radical (unpaired) electrons. The van der Waals surface area contributed by atoms with Crippen LogP contribution in [0.3, 0.4) is 0 Å². The van der Waals surface area contributed by atoms with Crippen molar-refractivity contribution >= 4 is 28.9 Å². The molecule has 0 spiro atoms. The lowest BCUT2D eigenvalue weighted by Gasteiger charge is -2.28. The van der Waals surface area contributed by atoms with Crippen LogP contribution in [0.25, 0.3) is 11.3 Å². The fourth-order valence-electron chi connectivity index (χ4n) is 3.42. The first-order chi connectivity index (χ1) is 15.2. The van der Waals surface area contributed by atoms with E-state index in [9.17, 15) is 4.79 Å². The van der Waals surface area contributed by atoms with Crippen LogP contribution in [0.5, 0.6) is 0 Å². The number of hydrogen-bond acceptors (Lipinski definition) is 6. The maximum atomic E-state index is 11.6. The molecule has 31 heavy (non-hydrogen) atoms. The Balaban J connectivity index is 1.63. The molecule has 1 aliphatic rings. The average Bonchev–Trinajstić information content (AvgIpc) is 3.22. The van der Waals surface area contributed by atoms with Crippen LogP contribution in [0.15, 0.2) is 59.0 Å². The number of nitrogens with zero attached hydrogens (tertiary/aromatic N) is 4. The predicted octanol–water partition coefficient (Wildman–Crippen LogP) is 2.61. The van der Waals surface area contributed by atoms with Crippen LogP contribution < -0.4 is 20.3 Å². The number of benzene rings is 1. The highest BCUT2D eigenvalue weighted by Crippen LogP contribution is 2.24. The van der Waals surface area contributed by atoms with Crippen molar-refractivity contribution in [2.75, 3.05) is 44.8 Å². The van der Waals surface area contributed by atoms with E-state index < -0.39 is 0 Å². The number of pyridine rings is 1. The third kappa shape index (κ3) is 5.31. The highest BCUT2D eigenvalue weighted by atomic mass is 32.1. The first-order valence-corrected chi connectivity index (χ1v) is 11.2. The molecule has 9 heteroatoms. The van der Waals surface area contributed by atoms with Crippen molar-refractivity contribution in [3.05, 3.63) is 58.8 Å². The molecule has 3 aromatic rings.